The summed E-state index contributed by atoms with van der Waals surface area (Å²) in [7, 11) is 0. The Kier molecular flexibility index (Phi) is 4.45. The number of aromatic nitrogens is 2. The molecule has 4 rings (SSSR count). The van der Waals surface area contributed by atoms with Gasteiger partial charge in [0.1, 0.15) is 17.5 Å². The summed E-state index contributed by atoms with van der Waals surface area (Å²) in [4.78, 5) is 21.9. The van der Waals surface area contributed by atoms with Crippen LogP contribution in [0.1, 0.15) is 16.8 Å². The van der Waals surface area contributed by atoms with Crippen LogP contribution in [0.15, 0.2) is 47.3 Å². The Labute approximate surface area is 154 Å². The molecule has 2 aromatic carbocycles. The number of hydrogen-bond donors (Lipinski definition) is 2. The summed E-state index contributed by atoms with van der Waals surface area (Å²) in [6.07, 6.45) is 0.530. The van der Waals surface area contributed by atoms with E-state index in [9.17, 15) is 13.6 Å². The van der Waals surface area contributed by atoms with E-state index in [2.05, 4.69) is 9.97 Å². The van der Waals surface area contributed by atoms with E-state index in [-0.39, 0.29) is 5.56 Å². The highest BCUT2D eigenvalue weighted by molar-refractivity contribution is 5.58. The van der Waals surface area contributed by atoms with Crippen molar-refractivity contribution < 1.29 is 8.78 Å². The van der Waals surface area contributed by atoms with Gasteiger partial charge in [0.2, 0.25) is 0 Å². The SMILES string of the molecule is Nc1ccc(-c2nc3c(c(=O)[nH]2)CCN(Cc2ccc(F)cc2F)C3)cc1. The van der Waals surface area contributed by atoms with Crippen LogP contribution >= 0.6 is 0 Å². The Bertz CT molecular complexity index is 1050. The number of hydrogen-bond acceptors (Lipinski definition) is 4. The molecule has 0 radical (unpaired) electrons. The molecular formula is C20H18F2N4O. The second kappa shape index (κ2) is 6.92. The highest BCUT2D eigenvalue weighted by Gasteiger charge is 2.22. The number of H-pyrrole nitrogens is 1. The van der Waals surface area contributed by atoms with E-state index in [0.29, 0.717) is 54.4 Å². The van der Waals surface area contributed by atoms with E-state index >= 15 is 0 Å². The lowest BCUT2D eigenvalue weighted by molar-refractivity contribution is 0.237. The van der Waals surface area contributed by atoms with Crippen molar-refractivity contribution in [3.8, 4) is 11.4 Å². The van der Waals surface area contributed by atoms with Gasteiger partial charge in [-0.2, -0.15) is 0 Å². The van der Waals surface area contributed by atoms with Crippen LogP contribution in [0.3, 0.4) is 0 Å². The summed E-state index contributed by atoms with van der Waals surface area (Å²) in [6.45, 7) is 1.37. The molecule has 0 bridgehead atoms. The minimum absolute atomic E-state index is 0.153. The van der Waals surface area contributed by atoms with Crippen LogP contribution in [0.25, 0.3) is 11.4 Å². The highest BCUT2D eigenvalue weighted by Crippen LogP contribution is 2.21. The summed E-state index contributed by atoms with van der Waals surface area (Å²) in [5.74, 6) is -0.683. The summed E-state index contributed by atoms with van der Waals surface area (Å²) >= 11 is 0. The van der Waals surface area contributed by atoms with E-state index in [0.717, 1.165) is 11.6 Å². The van der Waals surface area contributed by atoms with Gasteiger partial charge in [0, 0.05) is 48.1 Å². The molecular weight excluding hydrogens is 350 g/mol. The van der Waals surface area contributed by atoms with Crippen molar-refractivity contribution in [2.24, 2.45) is 0 Å². The lowest BCUT2D eigenvalue weighted by Crippen LogP contribution is -2.35. The van der Waals surface area contributed by atoms with Crippen LogP contribution in [0.5, 0.6) is 0 Å². The highest BCUT2D eigenvalue weighted by atomic mass is 19.1. The van der Waals surface area contributed by atoms with Gasteiger partial charge in [0.25, 0.3) is 5.56 Å². The smallest absolute Gasteiger partial charge is 0.254 e. The molecule has 0 spiro atoms. The molecule has 0 unspecified atom stereocenters. The lowest BCUT2D eigenvalue weighted by Gasteiger charge is -2.27. The average Bonchev–Trinajstić information content (AvgIpc) is 2.64. The van der Waals surface area contributed by atoms with Crippen molar-refractivity contribution >= 4 is 5.69 Å². The number of nitrogens with two attached hydrogens (primary N) is 1. The topological polar surface area (TPSA) is 75.0 Å². The fourth-order valence-electron chi connectivity index (χ4n) is 3.30. The molecule has 1 aliphatic heterocycles. The first-order valence-corrected chi connectivity index (χ1v) is 8.64. The number of nitrogens with zero attached hydrogens (tertiary/aromatic N) is 2. The molecule has 2 heterocycles. The Morgan fingerprint density at radius 2 is 1.93 bits per heavy atom. The van der Waals surface area contributed by atoms with Gasteiger partial charge < -0.3 is 10.7 Å². The Hall–Kier alpha value is -3.06. The summed E-state index contributed by atoms with van der Waals surface area (Å²) in [6, 6.07) is 10.7. The maximum absolute atomic E-state index is 13.9. The normalized spacial score (nSPS) is 14.1. The largest absolute Gasteiger partial charge is 0.399 e. The molecule has 0 saturated heterocycles. The van der Waals surface area contributed by atoms with Gasteiger partial charge in [-0.25, -0.2) is 13.8 Å². The van der Waals surface area contributed by atoms with Crippen LogP contribution in [0.2, 0.25) is 0 Å². The molecule has 0 fully saturated rings. The predicted octanol–water partition coefficient (Wildman–Crippen LogP) is 2.86. The quantitative estimate of drug-likeness (QED) is 0.697. The maximum Gasteiger partial charge on any atom is 0.254 e. The third-order valence-electron chi connectivity index (χ3n) is 4.75. The van der Waals surface area contributed by atoms with Gasteiger partial charge in [0.15, 0.2) is 0 Å². The third-order valence-corrected chi connectivity index (χ3v) is 4.75. The van der Waals surface area contributed by atoms with E-state index in [4.69, 9.17) is 5.73 Å². The minimum Gasteiger partial charge on any atom is -0.399 e. The van der Waals surface area contributed by atoms with Crippen molar-refractivity contribution in [3.05, 3.63) is 81.3 Å². The number of halogens is 2. The van der Waals surface area contributed by atoms with Crippen LogP contribution in [-0.2, 0) is 19.5 Å². The number of anilines is 1. The molecule has 0 amide bonds. The fraction of sp³-hybridized carbons (Fsp3) is 0.200. The monoisotopic (exact) mass is 368 g/mol. The van der Waals surface area contributed by atoms with E-state index in [1.54, 1.807) is 24.3 Å². The number of nitrogens with one attached hydrogen (secondary N) is 1. The molecule has 5 nitrogen and oxygen atoms in total. The van der Waals surface area contributed by atoms with Gasteiger partial charge in [-0.05, 0) is 36.8 Å². The molecule has 0 atom stereocenters. The third kappa shape index (κ3) is 3.59. The molecule has 3 aromatic rings. The molecule has 0 saturated carbocycles. The number of nitrogen functional groups attached to an aromatic ring is 1. The van der Waals surface area contributed by atoms with Gasteiger partial charge >= 0.3 is 0 Å². The summed E-state index contributed by atoms with van der Waals surface area (Å²) in [5, 5.41) is 0. The zero-order chi connectivity index (χ0) is 19.0. The number of aromatic amines is 1. The van der Waals surface area contributed by atoms with Crippen molar-refractivity contribution in [3.63, 3.8) is 0 Å². The molecule has 0 aliphatic carbocycles. The van der Waals surface area contributed by atoms with Gasteiger partial charge in [-0.1, -0.05) is 6.07 Å². The number of benzene rings is 2. The van der Waals surface area contributed by atoms with Crippen molar-refractivity contribution in [2.75, 3.05) is 12.3 Å². The first-order chi connectivity index (χ1) is 13.0. The minimum atomic E-state index is -0.596. The molecule has 3 N–H and O–H groups in total. The summed E-state index contributed by atoms with van der Waals surface area (Å²) in [5.41, 5.74) is 8.71. The lowest BCUT2D eigenvalue weighted by atomic mass is 10.0. The average molecular weight is 368 g/mol. The second-order valence-electron chi connectivity index (χ2n) is 6.66. The van der Waals surface area contributed by atoms with E-state index in [1.165, 1.54) is 12.1 Å². The van der Waals surface area contributed by atoms with Crippen LogP contribution in [-0.4, -0.2) is 21.4 Å². The van der Waals surface area contributed by atoms with Crippen LogP contribution in [0, 0.1) is 11.6 Å². The fourth-order valence-corrected chi connectivity index (χ4v) is 3.30. The Balaban J connectivity index is 1.61. The standard InChI is InChI=1S/C20H18F2N4O/c21-14-4-1-13(17(22)9-14)10-26-8-7-16-18(11-26)24-19(25-20(16)27)12-2-5-15(23)6-3-12/h1-6,9H,7-8,10-11,23H2,(H,24,25,27). The van der Waals surface area contributed by atoms with Crippen molar-refractivity contribution in [1.29, 1.82) is 0 Å². The maximum atomic E-state index is 13.9. The van der Waals surface area contributed by atoms with Crippen molar-refractivity contribution in [1.82, 2.24) is 14.9 Å². The molecule has 27 heavy (non-hydrogen) atoms. The van der Waals surface area contributed by atoms with Crippen molar-refractivity contribution in [2.45, 2.75) is 19.5 Å². The van der Waals surface area contributed by atoms with E-state index in [1.807, 2.05) is 4.90 Å². The van der Waals surface area contributed by atoms with Crippen LogP contribution < -0.4 is 11.3 Å². The second-order valence-corrected chi connectivity index (χ2v) is 6.66. The zero-order valence-electron chi connectivity index (χ0n) is 14.5. The molecule has 7 heteroatoms. The molecule has 1 aliphatic rings. The molecule has 1 aromatic heterocycles. The number of fused-ring (bicyclic) bond motifs is 1. The van der Waals surface area contributed by atoms with Gasteiger partial charge in [0.05, 0.1) is 5.69 Å². The zero-order valence-corrected chi connectivity index (χ0v) is 14.5. The van der Waals surface area contributed by atoms with Crippen LogP contribution in [0.4, 0.5) is 14.5 Å². The summed E-state index contributed by atoms with van der Waals surface area (Å²) < 4.78 is 27.0. The van der Waals surface area contributed by atoms with Gasteiger partial charge in [-0.15, -0.1) is 0 Å². The predicted molar refractivity (Wildman–Crippen MR) is 98.9 cm³/mol. The Morgan fingerprint density at radius 1 is 1.15 bits per heavy atom. The Morgan fingerprint density at radius 3 is 2.67 bits per heavy atom. The van der Waals surface area contributed by atoms with E-state index < -0.39 is 11.6 Å². The van der Waals surface area contributed by atoms with Gasteiger partial charge in [-0.3, -0.25) is 9.69 Å². The number of rotatable bonds is 3. The first-order valence-electron chi connectivity index (χ1n) is 8.64. The first kappa shape index (κ1) is 17.4. The molecule has 138 valence electrons.